The monoisotopic (exact) mass is 606 g/mol. The Labute approximate surface area is 279 Å². The molecule has 0 N–H and O–H groups in total. The van der Waals surface area contributed by atoms with Gasteiger partial charge in [0.05, 0.1) is 0 Å². The van der Waals surface area contributed by atoms with Crippen LogP contribution in [0.2, 0.25) is 0 Å². The summed E-state index contributed by atoms with van der Waals surface area (Å²) in [7, 11) is 0. The summed E-state index contributed by atoms with van der Waals surface area (Å²) in [6.45, 7) is 0. The van der Waals surface area contributed by atoms with Crippen LogP contribution in [0.1, 0.15) is 0 Å². The largest absolute Gasteiger partial charge is 0.0622 e. The van der Waals surface area contributed by atoms with Gasteiger partial charge < -0.3 is 0 Å². The molecule has 0 saturated carbocycles. The zero-order valence-electron chi connectivity index (χ0n) is 26.3. The summed E-state index contributed by atoms with van der Waals surface area (Å²) in [6.07, 6.45) is 0. The van der Waals surface area contributed by atoms with Crippen LogP contribution in [0.15, 0.2) is 182 Å². The number of rotatable bonds is 4. The van der Waals surface area contributed by atoms with Crippen LogP contribution in [0.25, 0.3) is 98.4 Å². The second-order valence-electron chi connectivity index (χ2n) is 12.8. The van der Waals surface area contributed by atoms with E-state index in [2.05, 4.69) is 182 Å². The van der Waals surface area contributed by atoms with E-state index in [4.69, 9.17) is 0 Å². The maximum absolute atomic E-state index is 2.43. The number of fused-ring (bicyclic) bond motifs is 2. The van der Waals surface area contributed by atoms with E-state index < -0.39 is 0 Å². The standard InChI is InChI=1S/C48H30/c1-3-13-33(14-4-1)43-29-45(37-23-11-19-31-17-7-9-21-35(31)37)41-28-26-40-44(34-15-5-2-6-16-34)30-46(42-27-25-39(43)47(41)48(40)42)38-24-12-20-32-18-8-10-22-36(32)38/h1-30H. The van der Waals surface area contributed by atoms with Gasteiger partial charge in [0.1, 0.15) is 0 Å². The van der Waals surface area contributed by atoms with Crippen LogP contribution < -0.4 is 0 Å². The Kier molecular flexibility index (Phi) is 5.98. The molecule has 0 unspecified atom stereocenters. The molecule has 0 saturated heterocycles. The van der Waals surface area contributed by atoms with E-state index in [0.717, 1.165) is 0 Å². The molecule has 0 fully saturated rings. The first-order chi connectivity index (χ1) is 23.8. The summed E-state index contributed by atoms with van der Waals surface area (Å²) in [5.41, 5.74) is 10.0. The molecule has 0 aromatic heterocycles. The Morgan fingerprint density at radius 1 is 0.208 bits per heavy atom. The van der Waals surface area contributed by atoms with Gasteiger partial charge in [-0.3, -0.25) is 0 Å². The molecule has 222 valence electrons. The molecule has 0 radical (unpaired) electrons. The molecule has 0 spiro atoms. The Bertz CT molecular complexity index is 2600. The van der Waals surface area contributed by atoms with Gasteiger partial charge in [0.15, 0.2) is 0 Å². The molecule has 0 amide bonds. The highest BCUT2D eigenvalue weighted by atomic mass is 14.2. The molecule has 10 rings (SSSR count). The molecule has 0 heteroatoms. The van der Waals surface area contributed by atoms with E-state index in [-0.39, 0.29) is 0 Å². The smallest absolute Gasteiger partial charge is 0.00139 e. The average Bonchev–Trinajstić information content (AvgIpc) is 3.17. The van der Waals surface area contributed by atoms with Gasteiger partial charge in [0.2, 0.25) is 0 Å². The summed E-state index contributed by atoms with van der Waals surface area (Å²) in [4.78, 5) is 0. The van der Waals surface area contributed by atoms with Crippen molar-refractivity contribution in [3.05, 3.63) is 182 Å². The summed E-state index contributed by atoms with van der Waals surface area (Å²) in [6, 6.07) is 67.1. The van der Waals surface area contributed by atoms with Crippen LogP contribution in [-0.2, 0) is 0 Å². The van der Waals surface area contributed by atoms with Gasteiger partial charge in [-0.25, -0.2) is 0 Å². The van der Waals surface area contributed by atoms with Crippen LogP contribution in [0, 0.1) is 0 Å². The van der Waals surface area contributed by atoms with Crippen molar-refractivity contribution in [2.45, 2.75) is 0 Å². The van der Waals surface area contributed by atoms with E-state index in [1.165, 1.54) is 98.4 Å². The van der Waals surface area contributed by atoms with Crippen molar-refractivity contribution < 1.29 is 0 Å². The van der Waals surface area contributed by atoms with E-state index in [9.17, 15) is 0 Å². The molecular weight excluding hydrogens is 577 g/mol. The molecular formula is C48H30. The Balaban J connectivity index is 1.42. The Morgan fingerprint density at radius 2 is 0.562 bits per heavy atom. The van der Waals surface area contributed by atoms with E-state index in [1.54, 1.807) is 0 Å². The first-order valence-electron chi connectivity index (χ1n) is 16.7. The third-order valence-corrected chi connectivity index (χ3v) is 10.2. The molecule has 10 aromatic rings. The Morgan fingerprint density at radius 3 is 1.00 bits per heavy atom. The van der Waals surface area contributed by atoms with E-state index >= 15 is 0 Å². The molecule has 0 aliphatic carbocycles. The molecule has 0 nitrogen and oxygen atoms in total. The lowest BCUT2D eigenvalue weighted by Crippen LogP contribution is -1.95. The van der Waals surface area contributed by atoms with Crippen molar-refractivity contribution in [3.8, 4) is 44.5 Å². The molecule has 0 bridgehead atoms. The van der Waals surface area contributed by atoms with Crippen molar-refractivity contribution in [1.29, 1.82) is 0 Å². The molecule has 48 heavy (non-hydrogen) atoms. The minimum Gasteiger partial charge on any atom is -0.0622 e. The molecule has 0 heterocycles. The topological polar surface area (TPSA) is 0 Å². The second-order valence-corrected chi connectivity index (χ2v) is 12.8. The number of hydrogen-bond acceptors (Lipinski definition) is 0. The Hall–Kier alpha value is -6.24. The van der Waals surface area contributed by atoms with Crippen molar-refractivity contribution in [1.82, 2.24) is 0 Å². The highest BCUT2D eigenvalue weighted by Crippen LogP contribution is 2.49. The lowest BCUT2D eigenvalue weighted by molar-refractivity contribution is 1.64. The quantitative estimate of drug-likeness (QED) is 0.175. The van der Waals surface area contributed by atoms with Crippen LogP contribution in [0.5, 0.6) is 0 Å². The molecule has 0 atom stereocenters. The lowest BCUT2D eigenvalue weighted by atomic mass is 9.81. The average molecular weight is 607 g/mol. The zero-order valence-corrected chi connectivity index (χ0v) is 26.3. The predicted octanol–water partition coefficient (Wildman–Crippen LogP) is 13.6. The van der Waals surface area contributed by atoms with Gasteiger partial charge in [-0.15, -0.1) is 0 Å². The summed E-state index contributed by atoms with van der Waals surface area (Å²) in [5, 5.41) is 12.9. The van der Waals surface area contributed by atoms with Crippen LogP contribution in [0.4, 0.5) is 0 Å². The fourth-order valence-corrected chi connectivity index (χ4v) is 8.07. The first-order valence-corrected chi connectivity index (χ1v) is 16.7. The summed E-state index contributed by atoms with van der Waals surface area (Å²) in [5.74, 6) is 0. The van der Waals surface area contributed by atoms with Crippen LogP contribution >= 0.6 is 0 Å². The zero-order chi connectivity index (χ0) is 31.6. The van der Waals surface area contributed by atoms with Gasteiger partial charge in [0, 0.05) is 0 Å². The van der Waals surface area contributed by atoms with Gasteiger partial charge >= 0.3 is 0 Å². The fraction of sp³-hybridized carbons (Fsp3) is 0. The minimum absolute atomic E-state index is 1.23. The summed E-state index contributed by atoms with van der Waals surface area (Å²) < 4.78 is 0. The second kappa shape index (κ2) is 10.7. The number of benzene rings is 10. The first kappa shape index (κ1) is 26.9. The highest BCUT2D eigenvalue weighted by Gasteiger charge is 2.22. The van der Waals surface area contributed by atoms with Gasteiger partial charge in [-0.1, -0.05) is 170 Å². The van der Waals surface area contributed by atoms with Gasteiger partial charge in [-0.05, 0) is 111 Å². The highest BCUT2D eigenvalue weighted by molar-refractivity contribution is 6.32. The van der Waals surface area contributed by atoms with Crippen LogP contribution in [-0.4, -0.2) is 0 Å². The van der Waals surface area contributed by atoms with E-state index in [1.807, 2.05) is 0 Å². The van der Waals surface area contributed by atoms with E-state index in [0.29, 0.717) is 0 Å². The fourth-order valence-electron chi connectivity index (χ4n) is 8.07. The third-order valence-electron chi connectivity index (χ3n) is 10.2. The SMILES string of the molecule is c1ccc(-c2cc(-c3cccc4ccccc34)c3ccc4c(-c5ccccc5)cc(-c5cccc6ccccc56)c5ccc2c3c45)cc1. The number of hydrogen-bond donors (Lipinski definition) is 0. The van der Waals surface area contributed by atoms with Gasteiger partial charge in [0.25, 0.3) is 0 Å². The lowest BCUT2D eigenvalue weighted by Gasteiger charge is -2.22. The van der Waals surface area contributed by atoms with Crippen molar-refractivity contribution in [2.24, 2.45) is 0 Å². The predicted molar refractivity (Wildman–Crippen MR) is 207 cm³/mol. The molecule has 0 aliphatic rings. The normalized spacial score (nSPS) is 11.8. The third kappa shape index (κ3) is 4.03. The summed E-state index contributed by atoms with van der Waals surface area (Å²) >= 11 is 0. The molecule has 10 aromatic carbocycles. The maximum Gasteiger partial charge on any atom is -0.00139 e. The maximum atomic E-state index is 2.43. The van der Waals surface area contributed by atoms with Gasteiger partial charge in [-0.2, -0.15) is 0 Å². The van der Waals surface area contributed by atoms with Crippen molar-refractivity contribution in [3.63, 3.8) is 0 Å². The van der Waals surface area contributed by atoms with Crippen molar-refractivity contribution in [2.75, 3.05) is 0 Å². The minimum atomic E-state index is 1.23. The molecule has 0 aliphatic heterocycles. The van der Waals surface area contributed by atoms with Crippen molar-refractivity contribution >= 4 is 53.9 Å². The van der Waals surface area contributed by atoms with Crippen LogP contribution in [0.3, 0.4) is 0 Å².